The van der Waals surface area contributed by atoms with Crippen LogP contribution in [0.15, 0.2) is 23.3 Å². The second-order valence-electron chi connectivity index (χ2n) is 5.12. The van der Waals surface area contributed by atoms with Gasteiger partial charge in [-0.05, 0) is 18.2 Å². The minimum Gasteiger partial charge on any atom is -0.359 e. The Morgan fingerprint density at radius 3 is 2.50 bits per heavy atom. The number of pyridine rings is 1. The fourth-order valence-electron chi connectivity index (χ4n) is 2.47. The van der Waals surface area contributed by atoms with Crippen LogP contribution in [0.3, 0.4) is 0 Å². The van der Waals surface area contributed by atoms with E-state index in [2.05, 4.69) is 49.5 Å². The van der Waals surface area contributed by atoms with Crippen molar-refractivity contribution < 1.29 is 0 Å². The number of nitrogens with one attached hydrogen (secondary N) is 2. The van der Waals surface area contributed by atoms with Crippen molar-refractivity contribution in [1.29, 1.82) is 0 Å². The van der Waals surface area contributed by atoms with Crippen LogP contribution in [0.4, 0.5) is 5.82 Å². The van der Waals surface area contributed by atoms with E-state index in [0.717, 1.165) is 56.6 Å². The van der Waals surface area contributed by atoms with E-state index in [0.29, 0.717) is 0 Å². The zero-order valence-electron chi connectivity index (χ0n) is 13.7. The van der Waals surface area contributed by atoms with Crippen LogP contribution in [-0.2, 0) is 6.54 Å². The fourth-order valence-corrected chi connectivity index (χ4v) is 2.47. The summed E-state index contributed by atoms with van der Waals surface area (Å²) < 4.78 is 0. The maximum atomic E-state index is 4.59. The fraction of sp³-hybridized carbons (Fsp3) is 0.600. The summed E-state index contributed by atoms with van der Waals surface area (Å²) in [6.45, 7) is 8.45. The number of guanidine groups is 1. The van der Waals surface area contributed by atoms with Crippen LogP contribution in [-0.4, -0.2) is 62.7 Å². The number of rotatable bonds is 4. The second-order valence-corrected chi connectivity index (χ2v) is 5.12. The first kappa shape index (κ1) is 19.0. The summed E-state index contributed by atoms with van der Waals surface area (Å²) in [5.74, 6) is 1.86. The molecule has 22 heavy (non-hydrogen) atoms. The Balaban J connectivity index is 0.00000242. The van der Waals surface area contributed by atoms with E-state index in [4.69, 9.17) is 0 Å². The van der Waals surface area contributed by atoms with Gasteiger partial charge in [0.05, 0.1) is 0 Å². The van der Waals surface area contributed by atoms with Crippen LogP contribution in [0.1, 0.15) is 12.5 Å². The molecule has 0 saturated carbocycles. The molecule has 124 valence electrons. The highest BCUT2D eigenvalue weighted by Gasteiger charge is 2.16. The number of hydrogen-bond donors (Lipinski definition) is 2. The van der Waals surface area contributed by atoms with Crippen molar-refractivity contribution >= 4 is 35.8 Å². The average Bonchev–Trinajstić information content (AvgIpc) is 2.56. The van der Waals surface area contributed by atoms with E-state index < -0.39 is 0 Å². The summed E-state index contributed by atoms with van der Waals surface area (Å²) in [5.41, 5.74) is 1.15. The van der Waals surface area contributed by atoms with Gasteiger partial charge in [0.15, 0.2) is 5.96 Å². The van der Waals surface area contributed by atoms with Crippen molar-refractivity contribution in [3.8, 4) is 0 Å². The molecule has 2 N–H and O–H groups in total. The molecule has 0 unspecified atom stereocenters. The second kappa shape index (κ2) is 9.83. The van der Waals surface area contributed by atoms with Gasteiger partial charge in [-0.3, -0.25) is 4.99 Å². The minimum atomic E-state index is 0. The smallest absolute Gasteiger partial charge is 0.190 e. The van der Waals surface area contributed by atoms with Crippen LogP contribution < -0.4 is 15.5 Å². The van der Waals surface area contributed by atoms with Crippen molar-refractivity contribution in [2.45, 2.75) is 13.5 Å². The summed E-state index contributed by atoms with van der Waals surface area (Å²) in [6.07, 6.45) is 1.94. The molecular formula is C15H27IN6. The number of hydrogen-bond acceptors (Lipinski definition) is 4. The highest BCUT2D eigenvalue weighted by Crippen LogP contribution is 2.13. The third kappa shape index (κ3) is 5.28. The lowest BCUT2D eigenvalue weighted by atomic mass is 10.2. The molecule has 1 aromatic heterocycles. The lowest BCUT2D eigenvalue weighted by Gasteiger charge is -2.34. The largest absolute Gasteiger partial charge is 0.359 e. The monoisotopic (exact) mass is 418 g/mol. The van der Waals surface area contributed by atoms with Crippen molar-refractivity contribution in [3.05, 3.63) is 23.9 Å². The van der Waals surface area contributed by atoms with Crippen molar-refractivity contribution in [3.63, 3.8) is 0 Å². The molecule has 0 spiro atoms. The topological polar surface area (TPSA) is 55.8 Å². The highest BCUT2D eigenvalue weighted by molar-refractivity contribution is 14.0. The van der Waals surface area contributed by atoms with Gasteiger partial charge in [0.1, 0.15) is 5.82 Å². The third-order valence-corrected chi connectivity index (χ3v) is 3.87. The van der Waals surface area contributed by atoms with E-state index in [1.807, 2.05) is 13.2 Å². The molecule has 1 aliphatic rings. The quantitative estimate of drug-likeness (QED) is 0.437. The summed E-state index contributed by atoms with van der Waals surface area (Å²) in [6, 6.07) is 4.24. The van der Waals surface area contributed by atoms with Gasteiger partial charge >= 0.3 is 0 Å². The van der Waals surface area contributed by atoms with Gasteiger partial charge in [0.25, 0.3) is 0 Å². The molecule has 1 fully saturated rings. The number of aromatic nitrogens is 1. The first-order chi connectivity index (χ1) is 10.3. The molecule has 0 radical (unpaired) electrons. The first-order valence-electron chi connectivity index (χ1n) is 7.57. The van der Waals surface area contributed by atoms with Crippen LogP contribution >= 0.6 is 24.0 Å². The lowest BCUT2D eigenvalue weighted by Crippen LogP contribution is -2.46. The Bertz CT molecular complexity index is 454. The summed E-state index contributed by atoms with van der Waals surface area (Å²) in [5, 5.41) is 6.23. The van der Waals surface area contributed by atoms with Crippen LogP contribution in [0.2, 0.25) is 0 Å². The molecule has 2 rings (SSSR count). The van der Waals surface area contributed by atoms with E-state index in [-0.39, 0.29) is 24.0 Å². The molecular weight excluding hydrogens is 391 g/mol. The molecule has 6 nitrogen and oxygen atoms in total. The lowest BCUT2D eigenvalue weighted by molar-refractivity contribution is 0.270. The molecule has 1 saturated heterocycles. The number of piperazine rings is 1. The molecule has 0 aliphatic carbocycles. The number of likely N-dealkylation sites (N-methyl/N-ethyl adjacent to an activating group) is 1. The van der Waals surface area contributed by atoms with Crippen molar-refractivity contribution in [2.24, 2.45) is 4.99 Å². The van der Waals surface area contributed by atoms with Gasteiger partial charge in [-0.15, -0.1) is 24.0 Å². The van der Waals surface area contributed by atoms with Crippen LogP contribution in [0.5, 0.6) is 0 Å². The summed E-state index contributed by atoms with van der Waals surface area (Å²) >= 11 is 0. The van der Waals surface area contributed by atoms with E-state index >= 15 is 0 Å². The molecule has 0 amide bonds. The molecule has 0 atom stereocenters. The van der Waals surface area contributed by atoms with Gasteiger partial charge < -0.3 is 20.4 Å². The van der Waals surface area contributed by atoms with Gasteiger partial charge in [0.2, 0.25) is 0 Å². The van der Waals surface area contributed by atoms with E-state index in [1.54, 1.807) is 7.05 Å². The summed E-state index contributed by atoms with van der Waals surface area (Å²) in [4.78, 5) is 13.5. The number of aliphatic imine (C=N–C) groups is 1. The molecule has 0 aromatic carbocycles. The van der Waals surface area contributed by atoms with Gasteiger partial charge in [-0.2, -0.15) is 0 Å². The van der Waals surface area contributed by atoms with Gasteiger partial charge in [-0.25, -0.2) is 4.98 Å². The molecule has 2 heterocycles. The Morgan fingerprint density at radius 2 is 2.00 bits per heavy atom. The molecule has 7 heteroatoms. The highest BCUT2D eigenvalue weighted by atomic mass is 127. The van der Waals surface area contributed by atoms with Crippen LogP contribution in [0, 0.1) is 0 Å². The van der Waals surface area contributed by atoms with Crippen molar-refractivity contribution in [2.75, 3.05) is 51.7 Å². The Morgan fingerprint density at radius 1 is 1.27 bits per heavy atom. The van der Waals surface area contributed by atoms with Gasteiger partial charge in [-0.1, -0.05) is 13.0 Å². The normalized spacial score (nSPS) is 16.1. The SMILES string of the molecule is CCN1CCN(c2ccc(CNC(=NC)NC)cn2)CC1.I. The predicted molar refractivity (Wildman–Crippen MR) is 103 cm³/mol. The Labute approximate surface area is 150 Å². The number of nitrogens with zero attached hydrogens (tertiary/aromatic N) is 4. The number of anilines is 1. The van der Waals surface area contributed by atoms with E-state index in [9.17, 15) is 0 Å². The first-order valence-corrected chi connectivity index (χ1v) is 7.57. The number of halogens is 1. The maximum Gasteiger partial charge on any atom is 0.190 e. The van der Waals surface area contributed by atoms with Crippen molar-refractivity contribution in [1.82, 2.24) is 20.5 Å². The average molecular weight is 418 g/mol. The zero-order chi connectivity index (χ0) is 15.1. The van der Waals surface area contributed by atoms with Gasteiger partial charge in [0, 0.05) is 53.0 Å². The Hall–Kier alpha value is -1.09. The maximum absolute atomic E-state index is 4.59. The predicted octanol–water partition coefficient (Wildman–Crippen LogP) is 1.14. The summed E-state index contributed by atoms with van der Waals surface area (Å²) in [7, 11) is 3.61. The zero-order valence-corrected chi connectivity index (χ0v) is 16.0. The third-order valence-electron chi connectivity index (χ3n) is 3.87. The molecule has 0 bridgehead atoms. The molecule has 1 aliphatic heterocycles. The van der Waals surface area contributed by atoms with Crippen LogP contribution in [0.25, 0.3) is 0 Å². The molecule has 1 aromatic rings. The minimum absolute atomic E-state index is 0. The standard InChI is InChI=1S/C15H26N6.HI/c1-4-20-7-9-21(10-8-20)14-6-5-13(11-18-14)12-19-15(16-2)17-3;/h5-6,11H,4,7-10,12H2,1-3H3,(H2,16,17,19);1H. The van der Waals surface area contributed by atoms with E-state index in [1.165, 1.54) is 0 Å². The Kier molecular flexibility index (Phi) is 8.47.